The normalized spacial score (nSPS) is 19.5. The average molecular weight is 499 g/mol. The molecule has 2 aromatic rings. The number of carbonyl (C=O) groups is 1. The molecule has 2 aromatic carbocycles. The molecule has 2 heterocycles. The van der Waals surface area contributed by atoms with Crippen molar-refractivity contribution in [1.29, 1.82) is 0 Å². The van der Waals surface area contributed by atoms with Crippen LogP contribution in [0.5, 0.6) is 11.5 Å². The summed E-state index contributed by atoms with van der Waals surface area (Å²) in [6.45, 7) is 2.28. The van der Waals surface area contributed by atoms with Crippen LogP contribution in [0.1, 0.15) is 62.1 Å². The van der Waals surface area contributed by atoms with Crippen LogP contribution < -0.4 is 14.8 Å². The molecule has 1 amide bonds. The molecule has 1 N–H and O–H groups in total. The predicted octanol–water partition coefficient (Wildman–Crippen LogP) is 4.22. The van der Waals surface area contributed by atoms with Crippen LogP contribution in [0.3, 0.4) is 0 Å². The maximum atomic E-state index is 13.0. The maximum absolute atomic E-state index is 13.0. The van der Waals surface area contributed by atoms with Crippen molar-refractivity contribution in [2.45, 2.75) is 62.3 Å². The first-order valence-corrected chi connectivity index (χ1v) is 14.2. The molecule has 0 aromatic heterocycles. The van der Waals surface area contributed by atoms with Crippen LogP contribution in [0.2, 0.25) is 0 Å². The molecule has 1 unspecified atom stereocenters. The van der Waals surface area contributed by atoms with E-state index in [1.54, 1.807) is 16.4 Å². The standard InChI is InChI=1S/C27H34N2O5S/c30-26(28-27(21-8-9-21)22-10-13-24-25(19-22)34-18-17-33-24)14-7-20-5-11-23(12-6-20)35(31,32)29-15-3-1-2-4-16-29/h5-6,10-13,19,21,27H,1-4,7-9,14-18H2,(H,28,30). The number of aryl methyl sites for hydroxylation is 1. The van der Waals surface area contributed by atoms with E-state index in [1.807, 2.05) is 30.3 Å². The molecule has 3 aliphatic rings. The van der Waals surface area contributed by atoms with E-state index in [1.165, 1.54) is 0 Å². The van der Waals surface area contributed by atoms with Crippen molar-refractivity contribution in [2.75, 3.05) is 26.3 Å². The Labute approximate surface area is 207 Å². The molecule has 2 aliphatic heterocycles. The van der Waals surface area contributed by atoms with Gasteiger partial charge in [-0.05, 0) is 73.4 Å². The minimum Gasteiger partial charge on any atom is -0.486 e. The number of amides is 1. The van der Waals surface area contributed by atoms with Crippen molar-refractivity contribution in [3.05, 3.63) is 53.6 Å². The van der Waals surface area contributed by atoms with Crippen molar-refractivity contribution in [1.82, 2.24) is 9.62 Å². The number of ether oxygens (including phenoxy) is 2. The summed E-state index contributed by atoms with van der Waals surface area (Å²) < 4.78 is 38.9. The molecular formula is C27H34N2O5S. The van der Waals surface area contributed by atoms with E-state index in [0.29, 0.717) is 50.0 Å². The Morgan fingerprint density at radius 2 is 1.63 bits per heavy atom. The second-order valence-electron chi connectivity index (χ2n) is 9.75. The number of fused-ring (bicyclic) bond motifs is 1. The molecule has 8 heteroatoms. The van der Waals surface area contributed by atoms with Crippen LogP contribution in [0.15, 0.2) is 47.4 Å². The molecule has 1 aliphatic carbocycles. The Balaban J connectivity index is 1.18. The highest BCUT2D eigenvalue weighted by molar-refractivity contribution is 7.89. The molecule has 1 saturated carbocycles. The van der Waals surface area contributed by atoms with Gasteiger partial charge in [0, 0.05) is 19.5 Å². The van der Waals surface area contributed by atoms with Gasteiger partial charge in [-0.25, -0.2) is 8.42 Å². The largest absolute Gasteiger partial charge is 0.486 e. The summed E-state index contributed by atoms with van der Waals surface area (Å²) in [5.41, 5.74) is 2.01. The lowest BCUT2D eigenvalue weighted by Crippen LogP contribution is -2.31. The van der Waals surface area contributed by atoms with Gasteiger partial charge in [0.25, 0.3) is 0 Å². The van der Waals surface area contributed by atoms with Gasteiger partial charge in [-0.15, -0.1) is 0 Å². The van der Waals surface area contributed by atoms with Crippen LogP contribution in [0.4, 0.5) is 0 Å². The summed E-state index contributed by atoms with van der Waals surface area (Å²) in [6.07, 6.45) is 7.13. The Kier molecular flexibility index (Phi) is 7.29. The van der Waals surface area contributed by atoms with E-state index >= 15 is 0 Å². The SMILES string of the molecule is O=C(CCc1ccc(S(=O)(=O)N2CCCCCC2)cc1)NC(c1ccc2c(c1)OCCO2)C1CC1. The molecule has 7 nitrogen and oxygen atoms in total. The summed E-state index contributed by atoms with van der Waals surface area (Å²) >= 11 is 0. The summed E-state index contributed by atoms with van der Waals surface area (Å²) in [5.74, 6) is 1.94. The number of carbonyl (C=O) groups excluding carboxylic acids is 1. The van der Waals surface area contributed by atoms with Crippen LogP contribution in [0, 0.1) is 5.92 Å². The fourth-order valence-electron chi connectivity index (χ4n) is 4.92. The van der Waals surface area contributed by atoms with E-state index in [0.717, 1.165) is 61.2 Å². The molecule has 1 saturated heterocycles. The van der Waals surface area contributed by atoms with Crippen molar-refractivity contribution in [3.8, 4) is 11.5 Å². The highest BCUT2D eigenvalue weighted by Crippen LogP contribution is 2.43. The minimum absolute atomic E-state index is 0.00180. The van der Waals surface area contributed by atoms with Gasteiger partial charge in [0.05, 0.1) is 10.9 Å². The fourth-order valence-corrected chi connectivity index (χ4v) is 6.44. The van der Waals surface area contributed by atoms with Gasteiger partial charge in [0.2, 0.25) is 15.9 Å². The monoisotopic (exact) mass is 498 g/mol. The molecule has 188 valence electrons. The second kappa shape index (κ2) is 10.6. The van der Waals surface area contributed by atoms with E-state index in [4.69, 9.17) is 9.47 Å². The zero-order valence-corrected chi connectivity index (χ0v) is 20.9. The van der Waals surface area contributed by atoms with Crippen molar-refractivity contribution in [3.63, 3.8) is 0 Å². The zero-order valence-electron chi connectivity index (χ0n) is 20.1. The fraction of sp³-hybridized carbons (Fsp3) is 0.519. The highest BCUT2D eigenvalue weighted by Gasteiger charge is 2.34. The maximum Gasteiger partial charge on any atom is 0.243 e. The van der Waals surface area contributed by atoms with E-state index in [9.17, 15) is 13.2 Å². The number of rotatable bonds is 8. The Hall–Kier alpha value is -2.58. The molecule has 0 spiro atoms. The van der Waals surface area contributed by atoms with Gasteiger partial charge < -0.3 is 14.8 Å². The average Bonchev–Trinajstić information content (AvgIpc) is 3.73. The van der Waals surface area contributed by atoms with Gasteiger partial charge in [-0.3, -0.25) is 4.79 Å². The number of nitrogens with one attached hydrogen (secondary N) is 1. The number of nitrogens with zero attached hydrogens (tertiary/aromatic N) is 1. The lowest BCUT2D eigenvalue weighted by atomic mass is 10.0. The predicted molar refractivity (Wildman–Crippen MR) is 133 cm³/mol. The second-order valence-corrected chi connectivity index (χ2v) is 11.7. The zero-order chi connectivity index (χ0) is 24.3. The van der Waals surface area contributed by atoms with Crippen molar-refractivity contribution in [2.24, 2.45) is 5.92 Å². The van der Waals surface area contributed by atoms with E-state index < -0.39 is 10.0 Å². The van der Waals surface area contributed by atoms with Crippen molar-refractivity contribution >= 4 is 15.9 Å². The topological polar surface area (TPSA) is 84.9 Å². The molecular weight excluding hydrogens is 464 g/mol. The van der Waals surface area contributed by atoms with E-state index in [2.05, 4.69) is 5.32 Å². The molecule has 2 fully saturated rings. The smallest absolute Gasteiger partial charge is 0.243 e. The summed E-state index contributed by atoms with van der Waals surface area (Å²) in [6, 6.07) is 12.9. The van der Waals surface area contributed by atoms with Gasteiger partial charge in [-0.1, -0.05) is 31.0 Å². The first-order valence-electron chi connectivity index (χ1n) is 12.8. The Morgan fingerprint density at radius 3 is 2.31 bits per heavy atom. The van der Waals surface area contributed by atoms with Crippen LogP contribution in [-0.4, -0.2) is 44.9 Å². The third kappa shape index (κ3) is 5.81. The van der Waals surface area contributed by atoms with Crippen LogP contribution in [0.25, 0.3) is 0 Å². The molecule has 1 atom stereocenters. The first kappa shape index (κ1) is 24.1. The first-order chi connectivity index (χ1) is 17.0. The van der Waals surface area contributed by atoms with E-state index in [-0.39, 0.29) is 11.9 Å². The third-order valence-electron chi connectivity index (χ3n) is 7.10. The Morgan fingerprint density at radius 1 is 0.943 bits per heavy atom. The highest BCUT2D eigenvalue weighted by atomic mass is 32.2. The molecule has 5 rings (SSSR count). The number of hydrogen-bond donors (Lipinski definition) is 1. The third-order valence-corrected chi connectivity index (χ3v) is 9.02. The van der Waals surface area contributed by atoms with Gasteiger partial charge in [0.1, 0.15) is 13.2 Å². The molecule has 0 radical (unpaired) electrons. The van der Waals surface area contributed by atoms with Gasteiger partial charge in [-0.2, -0.15) is 4.31 Å². The molecule has 35 heavy (non-hydrogen) atoms. The number of sulfonamides is 1. The minimum atomic E-state index is -3.45. The molecule has 0 bridgehead atoms. The van der Waals surface area contributed by atoms with Crippen LogP contribution >= 0.6 is 0 Å². The summed E-state index contributed by atoms with van der Waals surface area (Å²) in [4.78, 5) is 13.2. The van der Waals surface area contributed by atoms with Gasteiger partial charge in [0.15, 0.2) is 11.5 Å². The lowest BCUT2D eigenvalue weighted by molar-refractivity contribution is -0.122. The number of hydrogen-bond acceptors (Lipinski definition) is 5. The lowest BCUT2D eigenvalue weighted by Gasteiger charge is -2.23. The van der Waals surface area contributed by atoms with Crippen LogP contribution in [-0.2, 0) is 21.2 Å². The summed E-state index contributed by atoms with van der Waals surface area (Å²) in [5, 5.41) is 3.22. The quantitative estimate of drug-likeness (QED) is 0.589. The number of benzene rings is 2. The van der Waals surface area contributed by atoms with Crippen molar-refractivity contribution < 1.29 is 22.7 Å². The summed E-state index contributed by atoms with van der Waals surface area (Å²) in [7, 11) is -3.45. The Bertz CT molecular complexity index is 1140. The van der Waals surface area contributed by atoms with Gasteiger partial charge >= 0.3 is 0 Å².